The summed E-state index contributed by atoms with van der Waals surface area (Å²) in [6, 6.07) is 16.7. The minimum absolute atomic E-state index is 0.256. The van der Waals surface area contributed by atoms with Crippen LogP contribution in [0.25, 0.3) is 22.6 Å². The van der Waals surface area contributed by atoms with Crippen LogP contribution in [0.4, 0.5) is 5.82 Å². The monoisotopic (exact) mass is 360 g/mol. The summed E-state index contributed by atoms with van der Waals surface area (Å²) in [6.07, 6.45) is 0. The lowest BCUT2D eigenvalue weighted by atomic mass is 10.1. The van der Waals surface area contributed by atoms with E-state index in [1.54, 1.807) is 16.8 Å². The van der Waals surface area contributed by atoms with E-state index in [-0.39, 0.29) is 5.82 Å². The molecule has 0 saturated carbocycles. The molecule has 0 unspecified atom stereocenters. The Morgan fingerprint density at radius 3 is 2.59 bits per heavy atom. The average Bonchev–Trinajstić information content (AvgIpc) is 3.12. The molecule has 0 spiro atoms. The molecule has 2 aromatic heterocycles. The molecule has 134 valence electrons. The Balaban J connectivity index is 1.80. The second kappa shape index (κ2) is 6.83. The number of anilines is 1. The number of nitrogens with two attached hydrogens (primary N) is 1. The van der Waals surface area contributed by atoms with Crippen LogP contribution in [0.2, 0.25) is 0 Å². The van der Waals surface area contributed by atoms with Crippen molar-refractivity contribution in [2.45, 2.75) is 6.54 Å². The third-order valence-electron chi connectivity index (χ3n) is 4.16. The number of nitrogen functional groups attached to an aromatic ring is 1. The van der Waals surface area contributed by atoms with Gasteiger partial charge < -0.3 is 10.5 Å². The van der Waals surface area contributed by atoms with Crippen molar-refractivity contribution in [2.75, 3.05) is 12.8 Å². The van der Waals surface area contributed by atoms with E-state index in [9.17, 15) is 4.79 Å². The van der Waals surface area contributed by atoms with Gasteiger partial charge in [0.2, 0.25) is 0 Å². The SMILES string of the molecule is COC(=O)c1ccccc1Cn1nnc2c(N)nc(-c3ccccc3)nc21. The summed E-state index contributed by atoms with van der Waals surface area (Å²) in [5.41, 5.74) is 9.04. The van der Waals surface area contributed by atoms with Crippen LogP contribution in [0, 0.1) is 0 Å². The number of carbonyl (C=O) groups is 1. The van der Waals surface area contributed by atoms with Gasteiger partial charge in [0.1, 0.15) is 0 Å². The number of aromatic nitrogens is 5. The highest BCUT2D eigenvalue weighted by molar-refractivity contribution is 5.91. The molecule has 0 atom stereocenters. The van der Waals surface area contributed by atoms with Crippen LogP contribution in [0.5, 0.6) is 0 Å². The molecule has 2 aromatic carbocycles. The molecule has 27 heavy (non-hydrogen) atoms. The van der Waals surface area contributed by atoms with Crippen molar-refractivity contribution in [2.24, 2.45) is 0 Å². The smallest absolute Gasteiger partial charge is 0.338 e. The predicted octanol–water partition coefficient (Wildman–Crippen LogP) is 2.31. The number of fused-ring (bicyclic) bond motifs is 1. The van der Waals surface area contributed by atoms with E-state index in [0.717, 1.165) is 11.1 Å². The Bertz CT molecular complexity index is 1120. The topological polar surface area (TPSA) is 109 Å². The summed E-state index contributed by atoms with van der Waals surface area (Å²) in [5, 5.41) is 8.24. The largest absolute Gasteiger partial charge is 0.465 e. The normalized spacial score (nSPS) is 10.9. The Morgan fingerprint density at radius 2 is 1.81 bits per heavy atom. The number of nitrogens with zero attached hydrogens (tertiary/aromatic N) is 5. The Labute approximate surface area is 154 Å². The summed E-state index contributed by atoms with van der Waals surface area (Å²) >= 11 is 0. The zero-order valence-electron chi connectivity index (χ0n) is 14.5. The number of hydrogen-bond acceptors (Lipinski definition) is 7. The van der Waals surface area contributed by atoms with E-state index in [4.69, 9.17) is 10.5 Å². The molecule has 0 aliphatic rings. The van der Waals surface area contributed by atoms with Gasteiger partial charge in [0.15, 0.2) is 22.8 Å². The van der Waals surface area contributed by atoms with Gasteiger partial charge in [-0.25, -0.2) is 19.4 Å². The first-order valence-corrected chi connectivity index (χ1v) is 8.25. The Hall–Kier alpha value is -3.81. The van der Waals surface area contributed by atoms with E-state index in [1.165, 1.54) is 7.11 Å². The number of rotatable bonds is 4. The van der Waals surface area contributed by atoms with Gasteiger partial charge in [0, 0.05) is 5.56 Å². The van der Waals surface area contributed by atoms with Crippen molar-refractivity contribution in [1.29, 1.82) is 0 Å². The van der Waals surface area contributed by atoms with Crippen LogP contribution < -0.4 is 5.73 Å². The van der Waals surface area contributed by atoms with E-state index in [1.807, 2.05) is 42.5 Å². The molecular weight excluding hydrogens is 344 g/mol. The van der Waals surface area contributed by atoms with Crippen LogP contribution >= 0.6 is 0 Å². The molecule has 0 fully saturated rings. The third kappa shape index (κ3) is 3.08. The predicted molar refractivity (Wildman–Crippen MR) is 99.8 cm³/mol. The minimum Gasteiger partial charge on any atom is -0.465 e. The van der Waals surface area contributed by atoms with Crippen LogP contribution in [0.3, 0.4) is 0 Å². The molecule has 0 amide bonds. The molecule has 0 radical (unpaired) electrons. The van der Waals surface area contributed by atoms with Gasteiger partial charge in [-0.2, -0.15) is 0 Å². The fourth-order valence-electron chi connectivity index (χ4n) is 2.83. The van der Waals surface area contributed by atoms with Crippen molar-refractivity contribution in [3.05, 3.63) is 65.7 Å². The molecule has 0 saturated heterocycles. The highest BCUT2D eigenvalue weighted by Gasteiger charge is 2.17. The van der Waals surface area contributed by atoms with Crippen molar-refractivity contribution < 1.29 is 9.53 Å². The zero-order valence-corrected chi connectivity index (χ0v) is 14.5. The van der Waals surface area contributed by atoms with Crippen molar-refractivity contribution in [3.63, 3.8) is 0 Å². The number of methoxy groups -OCH3 is 1. The van der Waals surface area contributed by atoms with Gasteiger partial charge in [0.25, 0.3) is 0 Å². The maximum atomic E-state index is 12.0. The lowest BCUT2D eigenvalue weighted by Gasteiger charge is -2.08. The standard InChI is InChI=1S/C19H16N6O2/c1-27-19(26)14-10-6-5-9-13(14)11-25-18-15(23-24-25)16(20)21-17(22-18)12-7-3-2-4-8-12/h2-10H,11H2,1H3,(H2,20,21,22). The molecule has 0 aliphatic carbocycles. The van der Waals surface area contributed by atoms with Crippen molar-refractivity contribution in [1.82, 2.24) is 25.0 Å². The number of esters is 1. The molecule has 8 heteroatoms. The first-order valence-electron chi connectivity index (χ1n) is 8.25. The highest BCUT2D eigenvalue weighted by Crippen LogP contribution is 2.22. The Morgan fingerprint density at radius 1 is 1.07 bits per heavy atom. The van der Waals surface area contributed by atoms with Crippen molar-refractivity contribution in [3.8, 4) is 11.4 Å². The maximum absolute atomic E-state index is 12.0. The van der Waals surface area contributed by atoms with Gasteiger partial charge in [0.05, 0.1) is 19.2 Å². The lowest BCUT2D eigenvalue weighted by molar-refractivity contribution is 0.0599. The third-order valence-corrected chi connectivity index (χ3v) is 4.16. The molecule has 2 N–H and O–H groups in total. The molecule has 8 nitrogen and oxygen atoms in total. The molecule has 0 bridgehead atoms. The Kier molecular flexibility index (Phi) is 4.21. The van der Waals surface area contributed by atoms with Crippen LogP contribution in [-0.4, -0.2) is 38.0 Å². The quantitative estimate of drug-likeness (QED) is 0.556. The fourth-order valence-corrected chi connectivity index (χ4v) is 2.83. The molecule has 0 aliphatic heterocycles. The van der Waals surface area contributed by atoms with E-state index in [0.29, 0.717) is 29.1 Å². The van der Waals surface area contributed by atoms with E-state index >= 15 is 0 Å². The second-order valence-electron chi connectivity index (χ2n) is 5.87. The van der Waals surface area contributed by atoms with E-state index in [2.05, 4.69) is 20.3 Å². The molecule has 4 rings (SSSR count). The van der Waals surface area contributed by atoms with Gasteiger partial charge in [-0.05, 0) is 11.6 Å². The molecule has 4 aromatic rings. The van der Waals surface area contributed by atoms with Crippen LogP contribution in [-0.2, 0) is 11.3 Å². The average molecular weight is 360 g/mol. The summed E-state index contributed by atoms with van der Waals surface area (Å²) < 4.78 is 6.45. The zero-order chi connectivity index (χ0) is 18.8. The van der Waals surface area contributed by atoms with Gasteiger partial charge in [-0.1, -0.05) is 53.7 Å². The fraction of sp³-hybridized carbons (Fsp3) is 0.105. The van der Waals surface area contributed by atoms with Crippen molar-refractivity contribution >= 4 is 23.0 Å². The molecule has 2 heterocycles. The maximum Gasteiger partial charge on any atom is 0.338 e. The van der Waals surface area contributed by atoms with Gasteiger partial charge >= 0.3 is 5.97 Å². The molecular formula is C19H16N6O2. The summed E-state index contributed by atoms with van der Waals surface area (Å²) in [6.45, 7) is 0.298. The first kappa shape index (κ1) is 16.6. The first-order chi connectivity index (χ1) is 13.2. The number of ether oxygens (including phenoxy) is 1. The van der Waals surface area contributed by atoms with Gasteiger partial charge in [-0.15, -0.1) is 5.10 Å². The number of hydrogen-bond donors (Lipinski definition) is 1. The van der Waals surface area contributed by atoms with Crippen LogP contribution in [0.1, 0.15) is 15.9 Å². The lowest BCUT2D eigenvalue weighted by Crippen LogP contribution is -2.10. The second-order valence-corrected chi connectivity index (χ2v) is 5.87. The van der Waals surface area contributed by atoms with E-state index < -0.39 is 5.97 Å². The van der Waals surface area contributed by atoms with Gasteiger partial charge in [-0.3, -0.25) is 0 Å². The number of carbonyl (C=O) groups excluding carboxylic acids is 1. The minimum atomic E-state index is -0.408. The number of benzene rings is 2. The summed E-state index contributed by atoms with van der Waals surface area (Å²) in [5.74, 6) is 0.339. The summed E-state index contributed by atoms with van der Waals surface area (Å²) in [7, 11) is 1.35. The summed E-state index contributed by atoms with van der Waals surface area (Å²) in [4.78, 5) is 20.9. The van der Waals surface area contributed by atoms with Crippen LogP contribution in [0.15, 0.2) is 54.6 Å². The highest BCUT2D eigenvalue weighted by atomic mass is 16.5.